The molecule has 2 fully saturated rings. The lowest BCUT2D eigenvalue weighted by molar-refractivity contribution is -0.137. The number of hydrogen-bond acceptors (Lipinski definition) is 3. The van der Waals surface area contributed by atoms with Crippen LogP contribution in [0.25, 0.3) is 0 Å². The van der Waals surface area contributed by atoms with Gasteiger partial charge in [-0.1, -0.05) is 11.6 Å². The van der Waals surface area contributed by atoms with Crippen molar-refractivity contribution in [2.75, 3.05) is 18.0 Å². The quantitative estimate of drug-likeness (QED) is 0.810. The highest BCUT2D eigenvalue weighted by molar-refractivity contribution is 6.29. The highest BCUT2D eigenvalue weighted by Gasteiger charge is 2.42. The maximum absolute atomic E-state index is 12.8. The number of alkyl halides is 3. The fourth-order valence-electron chi connectivity index (χ4n) is 3.23. The molecular formula is C13H14ClF3N2O. The number of fused-ring (bicyclic) bond motifs is 1. The van der Waals surface area contributed by atoms with Gasteiger partial charge in [-0.05, 0) is 30.9 Å². The minimum Gasteiger partial charge on any atom is -0.393 e. The van der Waals surface area contributed by atoms with Crippen molar-refractivity contribution in [1.29, 1.82) is 0 Å². The molecule has 2 heterocycles. The number of aromatic nitrogens is 1. The van der Waals surface area contributed by atoms with Crippen LogP contribution in [-0.2, 0) is 6.18 Å². The standard InChI is InChI=1S/C13H14ClF3N2O/c14-11-3-8(13(15,16)17)4-12(18-11)19-5-7-1-2-10(20)9(7)6-19/h3-4,7,9-10,20H,1-2,5-6H2. The fraction of sp³-hybridized carbons (Fsp3) is 0.615. The molecule has 3 nitrogen and oxygen atoms in total. The van der Waals surface area contributed by atoms with Crippen molar-refractivity contribution in [3.63, 3.8) is 0 Å². The Kier molecular flexibility index (Phi) is 3.33. The van der Waals surface area contributed by atoms with E-state index in [-0.39, 0.29) is 23.0 Å². The highest BCUT2D eigenvalue weighted by atomic mass is 35.5. The zero-order valence-electron chi connectivity index (χ0n) is 10.6. The Hall–Kier alpha value is -1.01. The van der Waals surface area contributed by atoms with Crippen LogP contribution in [0.5, 0.6) is 0 Å². The van der Waals surface area contributed by atoms with Gasteiger partial charge in [0.15, 0.2) is 0 Å². The van der Waals surface area contributed by atoms with Crippen molar-refractivity contribution in [2.24, 2.45) is 11.8 Å². The molecule has 0 aromatic carbocycles. The van der Waals surface area contributed by atoms with E-state index in [0.29, 0.717) is 19.0 Å². The van der Waals surface area contributed by atoms with E-state index in [1.54, 1.807) is 4.90 Å². The number of anilines is 1. The van der Waals surface area contributed by atoms with Gasteiger partial charge < -0.3 is 10.0 Å². The van der Waals surface area contributed by atoms with Gasteiger partial charge in [0.05, 0.1) is 11.7 Å². The number of halogens is 4. The molecule has 2 aliphatic rings. The molecule has 1 aliphatic heterocycles. The molecule has 0 amide bonds. The molecule has 0 spiro atoms. The van der Waals surface area contributed by atoms with Crippen LogP contribution in [0.4, 0.5) is 19.0 Å². The Bertz CT molecular complexity index is 523. The Balaban J connectivity index is 1.86. The third kappa shape index (κ3) is 2.46. The maximum Gasteiger partial charge on any atom is 0.416 e. The predicted octanol–water partition coefficient (Wildman–Crippen LogP) is 2.96. The minimum atomic E-state index is -4.43. The van der Waals surface area contributed by atoms with E-state index in [0.717, 1.165) is 25.0 Å². The van der Waals surface area contributed by atoms with Crippen LogP contribution in [0.15, 0.2) is 12.1 Å². The number of rotatable bonds is 1. The lowest BCUT2D eigenvalue weighted by atomic mass is 10.00. The van der Waals surface area contributed by atoms with Crippen molar-refractivity contribution in [1.82, 2.24) is 4.98 Å². The third-order valence-electron chi connectivity index (χ3n) is 4.25. The van der Waals surface area contributed by atoms with Gasteiger partial charge in [0.1, 0.15) is 11.0 Å². The smallest absolute Gasteiger partial charge is 0.393 e. The van der Waals surface area contributed by atoms with E-state index >= 15 is 0 Å². The molecule has 110 valence electrons. The van der Waals surface area contributed by atoms with E-state index in [2.05, 4.69) is 4.98 Å². The molecule has 1 N–H and O–H groups in total. The first-order chi connectivity index (χ1) is 9.34. The molecule has 1 saturated carbocycles. The summed E-state index contributed by atoms with van der Waals surface area (Å²) in [5.74, 6) is 0.705. The van der Waals surface area contributed by atoms with Gasteiger partial charge in [-0.15, -0.1) is 0 Å². The molecular weight excluding hydrogens is 293 g/mol. The normalized spacial score (nSPS) is 29.9. The monoisotopic (exact) mass is 306 g/mol. The second-order valence-corrected chi connectivity index (χ2v) is 5.90. The van der Waals surface area contributed by atoms with Gasteiger partial charge in [-0.3, -0.25) is 0 Å². The summed E-state index contributed by atoms with van der Waals surface area (Å²) >= 11 is 5.70. The van der Waals surface area contributed by atoms with E-state index in [9.17, 15) is 18.3 Å². The number of hydrogen-bond donors (Lipinski definition) is 1. The molecule has 1 aliphatic carbocycles. The fourth-order valence-corrected chi connectivity index (χ4v) is 3.44. The molecule has 0 radical (unpaired) electrons. The Morgan fingerprint density at radius 3 is 2.65 bits per heavy atom. The molecule has 1 saturated heterocycles. The zero-order valence-corrected chi connectivity index (χ0v) is 11.3. The van der Waals surface area contributed by atoms with Gasteiger partial charge in [-0.25, -0.2) is 4.98 Å². The lowest BCUT2D eigenvalue weighted by Crippen LogP contribution is -2.25. The first-order valence-corrected chi connectivity index (χ1v) is 6.90. The topological polar surface area (TPSA) is 36.4 Å². The summed E-state index contributed by atoms with van der Waals surface area (Å²) in [6.07, 6.45) is -3.10. The van der Waals surface area contributed by atoms with Gasteiger partial charge in [0, 0.05) is 19.0 Å². The Morgan fingerprint density at radius 1 is 1.25 bits per heavy atom. The summed E-state index contributed by atoms with van der Waals surface area (Å²) < 4.78 is 38.3. The Labute approximate surface area is 119 Å². The van der Waals surface area contributed by atoms with Gasteiger partial charge in [0.2, 0.25) is 0 Å². The first kappa shape index (κ1) is 13.9. The van der Waals surface area contributed by atoms with Crippen LogP contribution in [0.3, 0.4) is 0 Å². The number of pyridine rings is 1. The maximum atomic E-state index is 12.8. The molecule has 1 aromatic rings. The van der Waals surface area contributed by atoms with Gasteiger partial charge in [0.25, 0.3) is 0 Å². The molecule has 20 heavy (non-hydrogen) atoms. The number of aliphatic hydroxyl groups is 1. The van der Waals surface area contributed by atoms with Gasteiger partial charge >= 0.3 is 6.18 Å². The first-order valence-electron chi connectivity index (χ1n) is 6.52. The van der Waals surface area contributed by atoms with Crippen LogP contribution in [0.2, 0.25) is 5.15 Å². The van der Waals surface area contributed by atoms with E-state index < -0.39 is 11.7 Å². The molecule has 3 rings (SSSR count). The lowest BCUT2D eigenvalue weighted by Gasteiger charge is -2.20. The van der Waals surface area contributed by atoms with Crippen molar-refractivity contribution in [3.8, 4) is 0 Å². The Morgan fingerprint density at radius 2 is 2.00 bits per heavy atom. The molecule has 0 bridgehead atoms. The van der Waals surface area contributed by atoms with Crippen LogP contribution < -0.4 is 4.90 Å². The molecule has 1 aromatic heterocycles. The summed E-state index contributed by atoms with van der Waals surface area (Å²) in [7, 11) is 0. The van der Waals surface area contributed by atoms with Crippen LogP contribution in [0, 0.1) is 11.8 Å². The second kappa shape index (κ2) is 4.77. The van der Waals surface area contributed by atoms with Gasteiger partial charge in [-0.2, -0.15) is 13.2 Å². The summed E-state index contributed by atoms with van der Waals surface area (Å²) in [5.41, 5.74) is -0.787. The van der Waals surface area contributed by atoms with Crippen LogP contribution in [0.1, 0.15) is 18.4 Å². The van der Waals surface area contributed by atoms with E-state index in [1.807, 2.05) is 0 Å². The van der Waals surface area contributed by atoms with E-state index in [4.69, 9.17) is 11.6 Å². The van der Waals surface area contributed by atoms with Crippen molar-refractivity contribution in [3.05, 3.63) is 22.8 Å². The largest absolute Gasteiger partial charge is 0.416 e. The second-order valence-electron chi connectivity index (χ2n) is 5.51. The summed E-state index contributed by atoms with van der Waals surface area (Å²) in [5, 5.41) is 9.69. The average molecular weight is 307 g/mol. The van der Waals surface area contributed by atoms with Crippen molar-refractivity contribution in [2.45, 2.75) is 25.1 Å². The minimum absolute atomic E-state index is 0.130. The average Bonchev–Trinajstić information content (AvgIpc) is 2.90. The van der Waals surface area contributed by atoms with Crippen LogP contribution >= 0.6 is 11.6 Å². The van der Waals surface area contributed by atoms with Crippen LogP contribution in [-0.4, -0.2) is 29.3 Å². The van der Waals surface area contributed by atoms with E-state index in [1.165, 1.54) is 0 Å². The van der Waals surface area contributed by atoms with Crippen molar-refractivity contribution >= 4 is 17.4 Å². The summed E-state index contributed by atoms with van der Waals surface area (Å²) in [4.78, 5) is 5.78. The summed E-state index contributed by atoms with van der Waals surface area (Å²) in [6.45, 7) is 1.17. The SMILES string of the molecule is OC1CCC2CN(c3cc(C(F)(F)F)cc(Cl)n3)CC12. The molecule has 3 unspecified atom stereocenters. The number of aliphatic hydroxyl groups excluding tert-OH is 1. The highest BCUT2D eigenvalue weighted by Crippen LogP contribution is 2.40. The van der Waals surface area contributed by atoms with Crippen molar-refractivity contribution < 1.29 is 18.3 Å². The summed E-state index contributed by atoms with van der Waals surface area (Å²) in [6, 6.07) is 1.86. The predicted molar refractivity (Wildman–Crippen MR) is 68.7 cm³/mol. The molecule has 7 heteroatoms. The molecule has 3 atom stereocenters. The third-order valence-corrected chi connectivity index (χ3v) is 4.44. The number of nitrogens with zero attached hydrogens (tertiary/aromatic N) is 2. The zero-order chi connectivity index (χ0) is 14.5.